The van der Waals surface area contributed by atoms with E-state index in [0.717, 1.165) is 0 Å². The zero-order valence-electron chi connectivity index (χ0n) is 4.43. The maximum Gasteiger partial charge on any atom is 0.318 e. The molecule has 0 unspecified atom stereocenters. The lowest BCUT2D eigenvalue weighted by Gasteiger charge is -1.99. The zero-order chi connectivity index (χ0) is 6.57. The van der Waals surface area contributed by atoms with Gasteiger partial charge in [0.25, 0.3) is 0 Å². The Morgan fingerprint density at radius 3 is 2.62 bits per heavy atom. The van der Waals surface area contributed by atoms with E-state index < -0.39 is 9.89 Å². The third-order valence-corrected chi connectivity index (χ3v) is 1.47. The Morgan fingerprint density at radius 2 is 2.50 bits per heavy atom. The molecule has 0 rings (SSSR count). The first-order valence-corrected chi connectivity index (χ1v) is 3.29. The van der Waals surface area contributed by atoms with Gasteiger partial charge in [0.1, 0.15) is 3.92 Å². The van der Waals surface area contributed by atoms with Crippen molar-refractivity contribution in [3.8, 4) is 0 Å². The normalized spacial score (nSPS) is 13.2. The molecule has 4 heteroatoms. The molecule has 0 aliphatic rings. The molecule has 0 amide bonds. The van der Waals surface area contributed by atoms with E-state index in [0.29, 0.717) is 0 Å². The molecule has 0 aromatic carbocycles. The van der Waals surface area contributed by atoms with Crippen molar-refractivity contribution in [2.75, 3.05) is 13.7 Å². The number of methoxy groups -OCH3 is 1. The second-order valence-electron chi connectivity index (χ2n) is 1.26. The molecule has 0 aliphatic heterocycles. The molecule has 8 heavy (non-hydrogen) atoms. The summed E-state index contributed by atoms with van der Waals surface area (Å²) in [4.78, 5) is 10.0. The lowest BCUT2D eigenvalue weighted by molar-refractivity contribution is -0.136. The molecular weight excluding hydrogens is 223 g/mol. The van der Waals surface area contributed by atoms with E-state index in [1.54, 1.807) is 22.6 Å². The molecule has 0 fully saturated rings. The SMILES string of the molecule is COC[C@H](I)C(=O)O. The van der Waals surface area contributed by atoms with Gasteiger partial charge in [-0.25, -0.2) is 0 Å². The molecule has 3 nitrogen and oxygen atoms in total. The topological polar surface area (TPSA) is 46.5 Å². The van der Waals surface area contributed by atoms with Crippen LogP contribution in [0, 0.1) is 0 Å². The van der Waals surface area contributed by atoms with Crippen LogP contribution in [0.2, 0.25) is 0 Å². The predicted molar refractivity (Wildman–Crippen MR) is 37.3 cm³/mol. The van der Waals surface area contributed by atoms with Crippen molar-refractivity contribution in [1.29, 1.82) is 0 Å². The van der Waals surface area contributed by atoms with Crippen LogP contribution in [0.5, 0.6) is 0 Å². The molecular formula is C4H7IO3. The number of carboxylic acid groups (broad SMARTS) is 1. The molecule has 0 saturated heterocycles. The molecule has 1 atom stereocenters. The van der Waals surface area contributed by atoms with Crippen LogP contribution in [0.15, 0.2) is 0 Å². The van der Waals surface area contributed by atoms with Gasteiger partial charge in [0.05, 0.1) is 6.61 Å². The largest absolute Gasteiger partial charge is 0.480 e. The number of hydrogen-bond acceptors (Lipinski definition) is 2. The standard InChI is InChI=1S/C4H7IO3/c1-8-2-3(5)4(6)7/h3H,2H2,1H3,(H,6,7)/t3-/m0/s1. The van der Waals surface area contributed by atoms with Crippen LogP contribution >= 0.6 is 22.6 Å². The summed E-state index contributed by atoms with van der Waals surface area (Å²) in [5, 5.41) is 8.23. The van der Waals surface area contributed by atoms with Crippen LogP contribution in [-0.2, 0) is 9.53 Å². The number of aliphatic carboxylic acids is 1. The number of hydrogen-bond donors (Lipinski definition) is 1. The highest BCUT2D eigenvalue weighted by Crippen LogP contribution is 1.98. The number of halogens is 1. The second kappa shape index (κ2) is 4.08. The Hall–Kier alpha value is 0.160. The van der Waals surface area contributed by atoms with Crippen LogP contribution in [0.1, 0.15) is 0 Å². The van der Waals surface area contributed by atoms with Crippen molar-refractivity contribution in [3.05, 3.63) is 0 Å². The molecule has 0 aromatic rings. The molecule has 0 aliphatic carbocycles. The summed E-state index contributed by atoms with van der Waals surface area (Å²) in [5.41, 5.74) is 0. The van der Waals surface area contributed by atoms with Gasteiger partial charge in [0.2, 0.25) is 0 Å². The van der Waals surface area contributed by atoms with E-state index >= 15 is 0 Å². The smallest absolute Gasteiger partial charge is 0.318 e. The zero-order valence-corrected chi connectivity index (χ0v) is 6.58. The highest BCUT2D eigenvalue weighted by atomic mass is 127. The highest BCUT2D eigenvalue weighted by molar-refractivity contribution is 14.1. The number of ether oxygens (including phenoxy) is 1. The fraction of sp³-hybridized carbons (Fsp3) is 0.750. The first-order valence-electron chi connectivity index (χ1n) is 2.04. The Kier molecular flexibility index (Phi) is 4.16. The maximum absolute atomic E-state index is 10.0. The average molecular weight is 230 g/mol. The van der Waals surface area contributed by atoms with Crippen molar-refractivity contribution >= 4 is 28.6 Å². The van der Waals surface area contributed by atoms with Gasteiger partial charge in [0.15, 0.2) is 0 Å². The minimum atomic E-state index is -0.826. The summed E-state index contributed by atoms with van der Waals surface area (Å²) in [5.74, 6) is -0.826. The quantitative estimate of drug-likeness (QED) is 0.567. The Morgan fingerprint density at radius 1 is 2.00 bits per heavy atom. The fourth-order valence-corrected chi connectivity index (χ4v) is 0.577. The Bertz CT molecular complexity index is 83.4. The van der Waals surface area contributed by atoms with E-state index in [1.165, 1.54) is 7.11 Å². The first-order chi connectivity index (χ1) is 3.68. The van der Waals surface area contributed by atoms with Crippen molar-refractivity contribution in [3.63, 3.8) is 0 Å². The number of carboxylic acids is 1. The summed E-state index contributed by atoms with van der Waals surface area (Å²) in [6.07, 6.45) is 0. The van der Waals surface area contributed by atoms with Gasteiger partial charge in [-0.1, -0.05) is 22.6 Å². The van der Waals surface area contributed by atoms with Crippen molar-refractivity contribution in [2.24, 2.45) is 0 Å². The van der Waals surface area contributed by atoms with Crippen LogP contribution in [-0.4, -0.2) is 28.7 Å². The van der Waals surface area contributed by atoms with Crippen molar-refractivity contribution in [2.45, 2.75) is 3.92 Å². The van der Waals surface area contributed by atoms with Crippen LogP contribution in [0.3, 0.4) is 0 Å². The predicted octanol–water partition coefficient (Wildman–Crippen LogP) is 0.521. The van der Waals surface area contributed by atoms with Gasteiger partial charge in [-0.05, 0) is 0 Å². The summed E-state index contributed by atoms with van der Waals surface area (Å²) in [6.45, 7) is 0.274. The van der Waals surface area contributed by atoms with E-state index in [2.05, 4.69) is 4.74 Å². The lowest BCUT2D eigenvalue weighted by atomic mass is 10.5. The molecule has 48 valence electrons. The summed E-state index contributed by atoms with van der Waals surface area (Å²) in [6, 6.07) is 0. The lowest BCUT2D eigenvalue weighted by Crippen LogP contribution is -2.17. The molecule has 1 N–H and O–H groups in total. The fourth-order valence-electron chi connectivity index (χ4n) is 0.218. The van der Waals surface area contributed by atoms with E-state index in [9.17, 15) is 4.79 Å². The minimum Gasteiger partial charge on any atom is -0.480 e. The van der Waals surface area contributed by atoms with Gasteiger partial charge in [-0.3, -0.25) is 4.79 Å². The van der Waals surface area contributed by atoms with Crippen molar-refractivity contribution in [1.82, 2.24) is 0 Å². The van der Waals surface area contributed by atoms with E-state index in [-0.39, 0.29) is 6.61 Å². The van der Waals surface area contributed by atoms with Gasteiger partial charge in [0, 0.05) is 7.11 Å². The number of alkyl halides is 1. The van der Waals surface area contributed by atoms with Crippen molar-refractivity contribution < 1.29 is 14.6 Å². The molecule has 0 heterocycles. The third-order valence-electron chi connectivity index (χ3n) is 0.581. The van der Waals surface area contributed by atoms with Gasteiger partial charge in [-0.15, -0.1) is 0 Å². The van der Waals surface area contributed by atoms with Gasteiger partial charge in [-0.2, -0.15) is 0 Å². The van der Waals surface area contributed by atoms with Crippen LogP contribution < -0.4 is 0 Å². The number of carbonyl (C=O) groups is 1. The maximum atomic E-state index is 10.0. The van der Waals surface area contributed by atoms with E-state index in [1.807, 2.05) is 0 Å². The Balaban J connectivity index is 3.32. The molecule has 0 spiro atoms. The van der Waals surface area contributed by atoms with Gasteiger partial charge < -0.3 is 9.84 Å². The molecule has 0 bridgehead atoms. The third kappa shape index (κ3) is 3.20. The van der Waals surface area contributed by atoms with Crippen LogP contribution in [0.4, 0.5) is 0 Å². The average Bonchev–Trinajstić information content (AvgIpc) is 1.67. The Labute approximate surface area is 61.2 Å². The minimum absolute atomic E-state index is 0.274. The summed E-state index contributed by atoms with van der Waals surface area (Å²) >= 11 is 1.81. The first kappa shape index (κ1) is 8.16. The van der Waals surface area contributed by atoms with Crippen LogP contribution in [0.25, 0.3) is 0 Å². The molecule has 0 radical (unpaired) electrons. The number of rotatable bonds is 3. The molecule has 0 saturated carbocycles. The summed E-state index contributed by atoms with van der Waals surface area (Å²) in [7, 11) is 1.48. The van der Waals surface area contributed by atoms with Gasteiger partial charge >= 0.3 is 5.97 Å². The monoisotopic (exact) mass is 230 g/mol. The highest BCUT2D eigenvalue weighted by Gasteiger charge is 2.10. The molecule has 0 aromatic heterocycles. The van der Waals surface area contributed by atoms with E-state index in [4.69, 9.17) is 5.11 Å². The summed E-state index contributed by atoms with van der Waals surface area (Å²) < 4.78 is 4.16. The second-order valence-corrected chi connectivity index (χ2v) is 2.76.